The summed E-state index contributed by atoms with van der Waals surface area (Å²) in [5.74, 6) is -0.561. The lowest BCUT2D eigenvalue weighted by molar-refractivity contribution is -0.125. The van der Waals surface area contributed by atoms with E-state index in [1.165, 1.54) is 12.1 Å². The van der Waals surface area contributed by atoms with E-state index in [-0.39, 0.29) is 11.7 Å². The third kappa shape index (κ3) is 8.64. The van der Waals surface area contributed by atoms with Crippen LogP contribution in [0.4, 0.5) is 4.39 Å². The Hall–Kier alpha value is -2.97. The minimum absolute atomic E-state index is 0.233. The van der Waals surface area contributed by atoms with Crippen molar-refractivity contribution in [3.05, 3.63) is 64.8 Å². The quantitative estimate of drug-likeness (QED) is 0.212. The molecule has 7 nitrogen and oxygen atoms in total. The van der Waals surface area contributed by atoms with Crippen molar-refractivity contribution in [2.24, 2.45) is 0 Å². The highest BCUT2D eigenvalue weighted by molar-refractivity contribution is 6.30. The minimum Gasteiger partial charge on any atom is -0.357 e. The number of aromatic amines is 1. The first-order valence-electron chi connectivity index (χ1n) is 10.5. The van der Waals surface area contributed by atoms with Crippen LogP contribution in [0.25, 0.3) is 10.9 Å². The monoisotopic (exact) mass is 461 g/mol. The molecule has 0 unspecified atom stereocenters. The summed E-state index contributed by atoms with van der Waals surface area (Å²) in [6.45, 7) is 6.31. The van der Waals surface area contributed by atoms with Crippen molar-refractivity contribution in [3.8, 4) is 0 Å². The molecule has 0 bridgehead atoms. The highest BCUT2D eigenvalue weighted by Gasteiger charge is 2.17. The van der Waals surface area contributed by atoms with E-state index in [1.54, 1.807) is 18.3 Å². The Bertz CT molecular complexity index is 994. The second-order valence-corrected chi connectivity index (χ2v) is 7.60. The minimum atomic E-state index is -0.646. The fourth-order valence-corrected chi connectivity index (χ4v) is 3.21. The molecule has 0 aliphatic rings. The Kier molecular flexibility index (Phi) is 10.6. The molecule has 0 spiro atoms. The largest absolute Gasteiger partial charge is 0.357 e. The number of hydrogen-bond donors (Lipinski definition) is 4. The van der Waals surface area contributed by atoms with E-state index in [1.807, 2.05) is 26.0 Å². The van der Waals surface area contributed by atoms with E-state index in [9.17, 15) is 14.0 Å². The molecule has 0 aliphatic heterocycles. The zero-order chi connectivity index (χ0) is 23.3. The number of aromatic nitrogens is 2. The lowest BCUT2D eigenvalue weighted by Gasteiger charge is -2.16. The van der Waals surface area contributed by atoms with Gasteiger partial charge in [-0.25, -0.2) is 9.37 Å². The van der Waals surface area contributed by atoms with Crippen LogP contribution in [-0.4, -0.2) is 48.0 Å². The molecule has 0 saturated heterocycles. The lowest BCUT2D eigenvalue weighted by atomic mass is 10.1. The number of rotatable bonds is 10. The van der Waals surface area contributed by atoms with Gasteiger partial charge in [-0.05, 0) is 56.3 Å². The summed E-state index contributed by atoms with van der Waals surface area (Å²) in [6, 6.07) is 9.12. The number of pyridine rings is 1. The Labute approximate surface area is 192 Å². The summed E-state index contributed by atoms with van der Waals surface area (Å²) in [7, 11) is 0. The van der Waals surface area contributed by atoms with Crippen LogP contribution in [0.1, 0.15) is 24.6 Å². The molecule has 3 aromatic rings. The van der Waals surface area contributed by atoms with E-state index < -0.39 is 6.04 Å². The molecule has 2 amide bonds. The summed E-state index contributed by atoms with van der Waals surface area (Å²) in [5, 5.41) is 10.1. The number of benzene rings is 1. The molecule has 2 heterocycles. The van der Waals surface area contributed by atoms with Crippen LogP contribution in [0.3, 0.4) is 0 Å². The molecular formula is C23H29ClFN5O2. The van der Waals surface area contributed by atoms with Crippen LogP contribution in [0, 0.1) is 12.7 Å². The number of H-pyrrole nitrogens is 1. The van der Waals surface area contributed by atoms with E-state index in [4.69, 9.17) is 11.6 Å². The lowest BCUT2D eigenvalue weighted by Crippen LogP contribution is -2.45. The van der Waals surface area contributed by atoms with Crippen molar-refractivity contribution in [3.63, 3.8) is 0 Å². The molecule has 3 rings (SSSR count). The molecule has 9 heteroatoms. The van der Waals surface area contributed by atoms with Crippen LogP contribution >= 0.6 is 11.6 Å². The highest BCUT2D eigenvalue weighted by atomic mass is 35.5. The number of nitrogens with zero attached hydrogens (tertiary/aromatic N) is 1. The average Bonchev–Trinajstić information content (AvgIpc) is 3.14. The maximum absolute atomic E-state index is 12.8. The van der Waals surface area contributed by atoms with E-state index in [2.05, 4.69) is 25.9 Å². The van der Waals surface area contributed by atoms with Crippen LogP contribution in [-0.2, 0) is 16.0 Å². The molecular weight excluding hydrogens is 433 g/mol. The third-order valence-electron chi connectivity index (χ3n) is 4.62. The highest BCUT2D eigenvalue weighted by Crippen LogP contribution is 2.16. The fourth-order valence-electron chi connectivity index (χ4n) is 3.04. The van der Waals surface area contributed by atoms with Crippen molar-refractivity contribution in [2.75, 3.05) is 19.6 Å². The summed E-state index contributed by atoms with van der Waals surface area (Å²) < 4.78 is 12.8. The predicted octanol–water partition coefficient (Wildman–Crippen LogP) is 3.12. The second kappa shape index (κ2) is 13.4. The zero-order valence-corrected chi connectivity index (χ0v) is 19.0. The first-order chi connectivity index (χ1) is 15.4. The van der Waals surface area contributed by atoms with Crippen molar-refractivity contribution >= 4 is 34.8 Å². The van der Waals surface area contributed by atoms with Crippen molar-refractivity contribution in [1.29, 1.82) is 0 Å². The molecule has 4 N–H and O–H groups in total. The maximum atomic E-state index is 12.8. The van der Waals surface area contributed by atoms with Gasteiger partial charge in [-0.2, -0.15) is 0 Å². The first-order valence-corrected chi connectivity index (χ1v) is 10.8. The van der Waals surface area contributed by atoms with Gasteiger partial charge in [0.2, 0.25) is 12.3 Å². The number of carbonyl (C=O) groups excluding carboxylic acids is 2. The predicted molar refractivity (Wildman–Crippen MR) is 125 cm³/mol. The van der Waals surface area contributed by atoms with Crippen LogP contribution < -0.4 is 16.0 Å². The Morgan fingerprint density at radius 1 is 1.25 bits per heavy atom. The van der Waals surface area contributed by atoms with Gasteiger partial charge in [0.05, 0.1) is 11.7 Å². The summed E-state index contributed by atoms with van der Waals surface area (Å²) >= 11 is 5.70. The Morgan fingerprint density at radius 3 is 2.69 bits per heavy atom. The number of aryl methyl sites for hydroxylation is 1. The molecule has 1 aromatic carbocycles. The molecule has 0 radical (unpaired) electrons. The van der Waals surface area contributed by atoms with Crippen molar-refractivity contribution in [1.82, 2.24) is 25.9 Å². The Morgan fingerprint density at radius 2 is 2.00 bits per heavy atom. The molecule has 0 fully saturated rings. The first kappa shape index (κ1) is 25.3. The van der Waals surface area contributed by atoms with Crippen molar-refractivity contribution < 1.29 is 14.0 Å². The number of carbonyl (C=O) groups is 2. The molecule has 32 heavy (non-hydrogen) atoms. The summed E-state index contributed by atoms with van der Waals surface area (Å²) in [6.07, 6.45) is 3.40. The van der Waals surface area contributed by atoms with Gasteiger partial charge in [0.15, 0.2) is 0 Å². The third-order valence-corrected chi connectivity index (χ3v) is 4.83. The van der Waals surface area contributed by atoms with E-state index in [0.29, 0.717) is 24.5 Å². The second-order valence-electron chi connectivity index (χ2n) is 7.21. The molecule has 2 aromatic heterocycles. The topological polar surface area (TPSA) is 98.9 Å². The molecule has 172 valence electrons. The number of hydrogen-bond acceptors (Lipinski definition) is 4. The molecule has 0 saturated carbocycles. The summed E-state index contributed by atoms with van der Waals surface area (Å²) in [4.78, 5) is 29.7. The van der Waals surface area contributed by atoms with E-state index >= 15 is 0 Å². The summed E-state index contributed by atoms with van der Waals surface area (Å²) in [5.41, 5.74) is 2.95. The standard InChI is InChI=1S/C15H22FN3O2.C8H7ClN2/c1-2-17-8-3-9-18-15(21)14(19-11-20)10-12-4-6-13(16)7-5-12;1-5-2-6-3-8(9)10-4-7(6)11-5/h4-7,11,14,17H,2-3,8-10H2,1H3,(H,18,21)(H,19,20);2-4,11H,1H3/t14-;/m0./s1. The Balaban J connectivity index is 0.000000273. The zero-order valence-electron chi connectivity index (χ0n) is 18.3. The number of amides is 2. The smallest absolute Gasteiger partial charge is 0.242 e. The van der Waals surface area contributed by atoms with Gasteiger partial charge in [0, 0.05) is 24.0 Å². The van der Waals surface area contributed by atoms with Gasteiger partial charge in [0.1, 0.15) is 17.0 Å². The van der Waals surface area contributed by atoms with Gasteiger partial charge in [-0.1, -0.05) is 30.7 Å². The maximum Gasteiger partial charge on any atom is 0.242 e. The van der Waals surface area contributed by atoms with Gasteiger partial charge >= 0.3 is 0 Å². The van der Waals surface area contributed by atoms with Gasteiger partial charge in [-0.15, -0.1) is 0 Å². The van der Waals surface area contributed by atoms with Crippen LogP contribution in [0.15, 0.2) is 42.6 Å². The van der Waals surface area contributed by atoms with Crippen molar-refractivity contribution in [2.45, 2.75) is 32.7 Å². The number of nitrogens with one attached hydrogen (secondary N) is 4. The van der Waals surface area contributed by atoms with Gasteiger partial charge in [0.25, 0.3) is 0 Å². The number of halogens is 2. The average molecular weight is 462 g/mol. The van der Waals surface area contributed by atoms with Gasteiger partial charge in [-0.3, -0.25) is 9.59 Å². The fraction of sp³-hybridized carbons (Fsp3) is 0.348. The molecule has 1 atom stereocenters. The molecule has 0 aliphatic carbocycles. The SMILES string of the molecule is CCNCCCNC(=O)[C@H](Cc1ccc(F)cc1)NC=O.Cc1cc2cc(Cl)ncc2[nH]1. The van der Waals surface area contributed by atoms with Crippen LogP contribution in [0.2, 0.25) is 5.15 Å². The number of fused-ring (bicyclic) bond motifs is 1. The van der Waals surface area contributed by atoms with E-state index in [0.717, 1.165) is 41.7 Å². The normalized spacial score (nSPS) is 11.4. The van der Waals surface area contributed by atoms with Gasteiger partial charge < -0.3 is 20.9 Å². The van der Waals surface area contributed by atoms with Crippen LogP contribution in [0.5, 0.6) is 0 Å².